The van der Waals surface area contributed by atoms with E-state index in [0.717, 1.165) is 82.3 Å². The van der Waals surface area contributed by atoms with Gasteiger partial charge in [-0.3, -0.25) is 9.79 Å². The third kappa shape index (κ3) is 6.57. The van der Waals surface area contributed by atoms with Crippen molar-refractivity contribution in [3.63, 3.8) is 0 Å². The number of halogens is 1. The van der Waals surface area contributed by atoms with Gasteiger partial charge < -0.3 is 20.1 Å². The molecular formula is C23H40IN7O. The Hall–Kier alpha value is -1.39. The summed E-state index contributed by atoms with van der Waals surface area (Å²) >= 11 is 0. The lowest BCUT2D eigenvalue weighted by Gasteiger charge is -2.26. The zero-order chi connectivity index (χ0) is 21.5. The first-order chi connectivity index (χ1) is 15.2. The van der Waals surface area contributed by atoms with Crippen LogP contribution in [0.5, 0.6) is 0 Å². The number of guanidine groups is 1. The number of nitrogens with one attached hydrogen (secondary N) is 2. The summed E-state index contributed by atoms with van der Waals surface area (Å²) in [5, 5.41) is 15.8. The average Bonchev–Trinajstić information content (AvgIpc) is 3.36. The van der Waals surface area contributed by atoms with Crippen LogP contribution in [0.3, 0.4) is 0 Å². The van der Waals surface area contributed by atoms with Crippen LogP contribution in [0.25, 0.3) is 0 Å². The van der Waals surface area contributed by atoms with E-state index in [1.54, 1.807) is 0 Å². The maximum absolute atomic E-state index is 12.8. The molecule has 1 atom stereocenters. The normalized spacial score (nSPS) is 22.1. The van der Waals surface area contributed by atoms with E-state index in [1.165, 1.54) is 38.5 Å². The fraction of sp³-hybridized carbons (Fsp3) is 0.826. The Morgan fingerprint density at radius 3 is 2.69 bits per heavy atom. The molecule has 1 unspecified atom stereocenters. The van der Waals surface area contributed by atoms with Crippen LogP contribution in [-0.4, -0.2) is 64.3 Å². The molecule has 0 aromatic carbocycles. The van der Waals surface area contributed by atoms with Gasteiger partial charge in [-0.05, 0) is 38.5 Å². The molecule has 0 radical (unpaired) electrons. The van der Waals surface area contributed by atoms with E-state index in [4.69, 9.17) is 0 Å². The topological polar surface area (TPSA) is 87.4 Å². The first-order valence-corrected chi connectivity index (χ1v) is 12.4. The van der Waals surface area contributed by atoms with Gasteiger partial charge in [-0.1, -0.05) is 25.7 Å². The number of hydrogen-bond acceptors (Lipinski definition) is 4. The summed E-state index contributed by atoms with van der Waals surface area (Å²) in [4.78, 5) is 19.2. The summed E-state index contributed by atoms with van der Waals surface area (Å²) in [6.45, 7) is 3.56. The molecule has 1 aliphatic carbocycles. The second-order valence-corrected chi connectivity index (χ2v) is 9.35. The van der Waals surface area contributed by atoms with E-state index in [1.807, 2.05) is 7.05 Å². The Morgan fingerprint density at radius 2 is 1.88 bits per heavy atom. The molecule has 2 fully saturated rings. The standard InChI is InChI=1S/C23H39N7O.HI/c1-24-23(25-14-8-12-21-28-27-20-11-6-3-7-15-30(20)21)26-19-13-16-29(17-19)22(31)18-9-4-2-5-10-18;/h18-19H,2-17H2,1H3,(H2,24,25,26);1H. The number of aromatic nitrogens is 3. The zero-order valence-electron chi connectivity index (χ0n) is 19.5. The SMILES string of the molecule is CN=C(NCCCc1nnc2n1CCCCC2)NC1CCN(C(=O)C2CCCCC2)C1.I. The number of hydrogen-bond donors (Lipinski definition) is 2. The van der Waals surface area contributed by atoms with Crippen molar-refractivity contribution >= 4 is 35.8 Å². The van der Waals surface area contributed by atoms with Crippen molar-refractivity contribution in [3.8, 4) is 0 Å². The third-order valence-electron chi connectivity index (χ3n) is 7.07. The van der Waals surface area contributed by atoms with Crippen molar-refractivity contribution in [2.75, 3.05) is 26.7 Å². The van der Waals surface area contributed by atoms with Gasteiger partial charge in [0.2, 0.25) is 5.91 Å². The molecule has 1 aromatic rings. The number of amides is 1. The van der Waals surface area contributed by atoms with Crippen molar-refractivity contribution < 1.29 is 4.79 Å². The minimum atomic E-state index is 0. The van der Waals surface area contributed by atoms with Crippen LogP contribution in [0.15, 0.2) is 4.99 Å². The van der Waals surface area contributed by atoms with Crippen molar-refractivity contribution in [2.24, 2.45) is 10.9 Å². The highest BCUT2D eigenvalue weighted by molar-refractivity contribution is 14.0. The molecular weight excluding hydrogens is 517 g/mol. The lowest BCUT2D eigenvalue weighted by Crippen LogP contribution is -2.45. The Labute approximate surface area is 209 Å². The van der Waals surface area contributed by atoms with Gasteiger partial charge in [-0.2, -0.15) is 0 Å². The molecule has 0 spiro atoms. The Kier molecular flexibility index (Phi) is 10.1. The Bertz CT molecular complexity index is 760. The largest absolute Gasteiger partial charge is 0.356 e. The summed E-state index contributed by atoms with van der Waals surface area (Å²) in [5.74, 6) is 3.74. The van der Waals surface area contributed by atoms with Crippen LogP contribution < -0.4 is 10.6 Å². The smallest absolute Gasteiger partial charge is 0.225 e. The van der Waals surface area contributed by atoms with Gasteiger partial charge in [-0.25, -0.2) is 0 Å². The maximum Gasteiger partial charge on any atom is 0.225 e. The van der Waals surface area contributed by atoms with E-state index in [2.05, 4.69) is 35.3 Å². The molecule has 2 aliphatic heterocycles. The van der Waals surface area contributed by atoms with Gasteiger partial charge in [0.1, 0.15) is 11.6 Å². The first-order valence-electron chi connectivity index (χ1n) is 12.4. The van der Waals surface area contributed by atoms with E-state index < -0.39 is 0 Å². The van der Waals surface area contributed by atoms with Gasteiger partial charge in [0.15, 0.2) is 5.96 Å². The molecule has 2 N–H and O–H groups in total. The molecule has 32 heavy (non-hydrogen) atoms. The Balaban J connectivity index is 0.00000289. The van der Waals surface area contributed by atoms with Crippen LogP contribution >= 0.6 is 24.0 Å². The van der Waals surface area contributed by atoms with Crippen molar-refractivity contribution in [1.82, 2.24) is 30.3 Å². The minimum Gasteiger partial charge on any atom is -0.356 e. The van der Waals surface area contributed by atoms with Gasteiger partial charge in [0.25, 0.3) is 0 Å². The second kappa shape index (κ2) is 12.7. The fourth-order valence-electron chi connectivity index (χ4n) is 5.26. The van der Waals surface area contributed by atoms with Gasteiger partial charge in [-0.15, -0.1) is 34.2 Å². The number of rotatable bonds is 6. The van der Waals surface area contributed by atoms with E-state index in [9.17, 15) is 4.79 Å². The fourth-order valence-corrected chi connectivity index (χ4v) is 5.26. The second-order valence-electron chi connectivity index (χ2n) is 9.35. The zero-order valence-corrected chi connectivity index (χ0v) is 21.9. The van der Waals surface area contributed by atoms with Gasteiger partial charge >= 0.3 is 0 Å². The maximum atomic E-state index is 12.8. The molecule has 9 heteroatoms. The number of carbonyl (C=O) groups excluding carboxylic acids is 1. The lowest BCUT2D eigenvalue weighted by atomic mass is 9.88. The Morgan fingerprint density at radius 1 is 1.06 bits per heavy atom. The van der Waals surface area contributed by atoms with Crippen LogP contribution in [0, 0.1) is 5.92 Å². The number of carbonyl (C=O) groups is 1. The minimum absolute atomic E-state index is 0. The summed E-state index contributed by atoms with van der Waals surface area (Å²) in [6, 6.07) is 0.283. The van der Waals surface area contributed by atoms with Crippen LogP contribution in [0.1, 0.15) is 75.9 Å². The first kappa shape index (κ1) is 25.2. The molecule has 3 aliphatic rings. The van der Waals surface area contributed by atoms with Crippen LogP contribution in [0.4, 0.5) is 0 Å². The summed E-state index contributed by atoms with van der Waals surface area (Å²) in [6.07, 6.45) is 13.6. The molecule has 0 bridgehead atoms. The predicted molar refractivity (Wildman–Crippen MR) is 137 cm³/mol. The predicted octanol–water partition coefficient (Wildman–Crippen LogP) is 2.90. The third-order valence-corrected chi connectivity index (χ3v) is 7.07. The van der Waals surface area contributed by atoms with E-state index >= 15 is 0 Å². The summed E-state index contributed by atoms with van der Waals surface area (Å²) in [7, 11) is 1.81. The van der Waals surface area contributed by atoms with E-state index in [0.29, 0.717) is 5.91 Å². The number of aliphatic imine (C=N–C) groups is 1. The molecule has 3 heterocycles. The molecule has 8 nitrogen and oxygen atoms in total. The lowest BCUT2D eigenvalue weighted by molar-refractivity contribution is -0.135. The van der Waals surface area contributed by atoms with E-state index in [-0.39, 0.29) is 35.9 Å². The average molecular weight is 558 g/mol. The molecule has 1 aromatic heterocycles. The summed E-state index contributed by atoms with van der Waals surface area (Å²) < 4.78 is 2.33. The van der Waals surface area contributed by atoms with Crippen molar-refractivity contribution in [3.05, 3.63) is 11.6 Å². The molecule has 1 saturated heterocycles. The van der Waals surface area contributed by atoms with Crippen molar-refractivity contribution in [1.29, 1.82) is 0 Å². The number of likely N-dealkylation sites (tertiary alicyclic amines) is 1. The van der Waals surface area contributed by atoms with Crippen LogP contribution in [-0.2, 0) is 24.2 Å². The highest BCUT2D eigenvalue weighted by Crippen LogP contribution is 2.26. The number of nitrogens with zero attached hydrogens (tertiary/aromatic N) is 5. The highest BCUT2D eigenvalue weighted by atomic mass is 127. The molecule has 4 rings (SSSR count). The van der Waals surface area contributed by atoms with Crippen LogP contribution in [0.2, 0.25) is 0 Å². The number of aryl methyl sites for hydroxylation is 2. The molecule has 1 saturated carbocycles. The van der Waals surface area contributed by atoms with Gasteiger partial charge in [0, 0.05) is 58.0 Å². The molecule has 1 amide bonds. The van der Waals surface area contributed by atoms with Crippen molar-refractivity contribution in [2.45, 2.75) is 89.6 Å². The number of fused-ring (bicyclic) bond motifs is 1. The quantitative estimate of drug-likeness (QED) is 0.243. The molecule has 180 valence electrons. The monoisotopic (exact) mass is 557 g/mol. The van der Waals surface area contributed by atoms with Gasteiger partial charge in [0.05, 0.1) is 0 Å². The highest BCUT2D eigenvalue weighted by Gasteiger charge is 2.31. The summed E-state index contributed by atoms with van der Waals surface area (Å²) in [5.41, 5.74) is 0.